The number of nitrogens with one attached hydrogen (secondary N) is 1. The molecule has 3 rings (SSSR count). The van der Waals surface area contributed by atoms with Crippen molar-refractivity contribution in [2.75, 3.05) is 12.3 Å². The molecule has 0 amide bonds. The van der Waals surface area contributed by atoms with Crippen molar-refractivity contribution < 1.29 is 9.21 Å². The number of rotatable bonds is 8. The van der Waals surface area contributed by atoms with Gasteiger partial charge in [-0.15, -0.1) is 0 Å². The highest BCUT2D eigenvalue weighted by atomic mass is 16.3. The first-order chi connectivity index (χ1) is 14.0. The summed E-state index contributed by atoms with van der Waals surface area (Å²) in [6, 6.07) is 12.7. The van der Waals surface area contributed by atoms with Gasteiger partial charge in [0, 0.05) is 13.6 Å². The Balaban J connectivity index is 1.92. The van der Waals surface area contributed by atoms with E-state index in [9.17, 15) is 14.4 Å². The van der Waals surface area contributed by atoms with Crippen LogP contribution in [-0.4, -0.2) is 21.5 Å². The van der Waals surface area contributed by atoms with Gasteiger partial charge in [-0.05, 0) is 24.1 Å². The molecule has 152 valence electrons. The van der Waals surface area contributed by atoms with Gasteiger partial charge in [0.05, 0.1) is 18.8 Å². The number of furan rings is 1. The monoisotopic (exact) mass is 396 g/mol. The Bertz CT molecular complexity index is 1100. The summed E-state index contributed by atoms with van der Waals surface area (Å²) in [5.41, 5.74) is 5.54. The highest BCUT2D eigenvalue weighted by molar-refractivity contribution is 6.01. The minimum atomic E-state index is -0.694. The molecule has 2 heterocycles. The van der Waals surface area contributed by atoms with Gasteiger partial charge in [-0.1, -0.05) is 37.3 Å². The molecule has 0 aliphatic heterocycles. The molecule has 1 aromatic carbocycles. The third-order valence-corrected chi connectivity index (χ3v) is 4.74. The first-order valence-electron chi connectivity index (χ1n) is 9.40. The maximum Gasteiger partial charge on any atom is 0.332 e. The van der Waals surface area contributed by atoms with E-state index in [1.54, 1.807) is 12.3 Å². The van der Waals surface area contributed by atoms with Crippen molar-refractivity contribution in [3.8, 4) is 0 Å². The average Bonchev–Trinajstić information content (AvgIpc) is 3.25. The zero-order chi connectivity index (χ0) is 21.0. The standard InChI is InChI=1S/C21H24N4O4/c1-3-11-25-19(22)17(20(27)24(2)21(25)28)15(26)13-23-18(16-10-7-12-29-16)14-8-5-4-6-9-14/h4-10,12,18,23H,3,11,13,22H2,1-2H3/t18-/m0/s1. The van der Waals surface area contributed by atoms with E-state index in [2.05, 4.69) is 5.32 Å². The molecule has 0 saturated carbocycles. The fourth-order valence-electron chi connectivity index (χ4n) is 3.25. The van der Waals surface area contributed by atoms with E-state index in [1.165, 1.54) is 11.6 Å². The lowest BCUT2D eigenvalue weighted by molar-refractivity contribution is 0.0986. The lowest BCUT2D eigenvalue weighted by Gasteiger charge is -2.18. The van der Waals surface area contributed by atoms with Crippen LogP contribution in [0.4, 0.5) is 5.82 Å². The summed E-state index contributed by atoms with van der Waals surface area (Å²) < 4.78 is 7.69. The van der Waals surface area contributed by atoms with E-state index in [-0.39, 0.29) is 24.0 Å². The summed E-state index contributed by atoms with van der Waals surface area (Å²) in [5.74, 6) is 0.0577. The van der Waals surface area contributed by atoms with Crippen molar-refractivity contribution in [2.24, 2.45) is 7.05 Å². The van der Waals surface area contributed by atoms with Crippen LogP contribution in [0.15, 0.2) is 62.7 Å². The molecule has 8 heteroatoms. The Morgan fingerprint density at radius 1 is 1.17 bits per heavy atom. The molecule has 2 aromatic heterocycles. The second-order valence-electron chi connectivity index (χ2n) is 6.72. The maximum atomic E-state index is 12.9. The maximum absolute atomic E-state index is 12.9. The number of hydrogen-bond donors (Lipinski definition) is 2. The van der Waals surface area contributed by atoms with Gasteiger partial charge in [0.25, 0.3) is 5.56 Å². The molecule has 0 fully saturated rings. The third kappa shape index (κ3) is 4.07. The fourth-order valence-corrected chi connectivity index (χ4v) is 3.25. The van der Waals surface area contributed by atoms with Crippen LogP contribution in [-0.2, 0) is 13.6 Å². The Morgan fingerprint density at radius 3 is 2.52 bits per heavy atom. The van der Waals surface area contributed by atoms with Gasteiger partial charge in [0.1, 0.15) is 17.1 Å². The molecule has 8 nitrogen and oxygen atoms in total. The van der Waals surface area contributed by atoms with Crippen molar-refractivity contribution in [1.82, 2.24) is 14.5 Å². The molecule has 0 unspecified atom stereocenters. The van der Waals surface area contributed by atoms with Gasteiger partial charge < -0.3 is 10.2 Å². The minimum Gasteiger partial charge on any atom is -0.467 e. The number of benzene rings is 1. The number of aromatic nitrogens is 2. The normalized spacial score (nSPS) is 12.1. The lowest BCUT2D eigenvalue weighted by Crippen LogP contribution is -2.44. The molecule has 0 radical (unpaired) electrons. The molecule has 0 spiro atoms. The first-order valence-corrected chi connectivity index (χ1v) is 9.40. The molecule has 3 aromatic rings. The summed E-state index contributed by atoms with van der Waals surface area (Å²) in [5, 5.41) is 3.14. The SMILES string of the molecule is CCCn1c(N)c(C(=O)CN[C@@H](c2ccccc2)c2ccco2)c(=O)n(C)c1=O. The predicted molar refractivity (Wildman–Crippen MR) is 110 cm³/mol. The number of nitrogen functional groups attached to an aromatic ring is 1. The number of nitrogens with two attached hydrogens (primary N) is 1. The summed E-state index contributed by atoms with van der Waals surface area (Å²) >= 11 is 0. The molecule has 0 saturated heterocycles. The van der Waals surface area contributed by atoms with Crippen LogP contribution >= 0.6 is 0 Å². The molecule has 0 aliphatic carbocycles. The van der Waals surface area contributed by atoms with E-state index < -0.39 is 17.0 Å². The van der Waals surface area contributed by atoms with Crippen LogP contribution in [0.2, 0.25) is 0 Å². The number of carbonyl (C=O) groups excluding carboxylic acids is 1. The second-order valence-corrected chi connectivity index (χ2v) is 6.72. The lowest BCUT2D eigenvalue weighted by atomic mass is 10.0. The summed E-state index contributed by atoms with van der Waals surface area (Å²) in [6.07, 6.45) is 2.20. The summed E-state index contributed by atoms with van der Waals surface area (Å²) in [6.45, 7) is 2.06. The molecule has 3 N–H and O–H groups in total. The van der Waals surface area contributed by atoms with Crippen LogP contribution in [0.1, 0.15) is 41.1 Å². The number of Topliss-reactive ketones (excluding diaryl/α,β-unsaturated/α-hetero) is 1. The first kappa shape index (κ1) is 20.3. The van der Waals surface area contributed by atoms with E-state index in [0.29, 0.717) is 18.7 Å². The van der Waals surface area contributed by atoms with Crippen LogP contribution < -0.4 is 22.3 Å². The van der Waals surface area contributed by atoms with Crippen molar-refractivity contribution in [3.05, 3.63) is 86.5 Å². The Labute approximate surface area is 167 Å². The van der Waals surface area contributed by atoms with Gasteiger partial charge in [-0.2, -0.15) is 0 Å². The third-order valence-electron chi connectivity index (χ3n) is 4.74. The second kappa shape index (κ2) is 8.74. The van der Waals surface area contributed by atoms with Crippen LogP contribution in [0.25, 0.3) is 0 Å². The van der Waals surface area contributed by atoms with Gasteiger partial charge in [-0.25, -0.2) is 4.79 Å². The van der Waals surface area contributed by atoms with Gasteiger partial charge in [0.2, 0.25) is 0 Å². The number of nitrogens with zero attached hydrogens (tertiary/aromatic N) is 2. The number of hydrogen-bond acceptors (Lipinski definition) is 6. The van der Waals surface area contributed by atoms with Crippen LogP contribution in [0, 0.1) is 0 Å². The van der Waals surface area contributed by atoms with Crippen LogP contribution in [0.5, 0.6) is 0 Å². The smallest absolute Gasteiger partial charge is 0.332 e. The number of carbonyl (C=O) groups is 1. The molecule has 1 atom stereocenters. The highest BCUT2D eigenvalue weighted by Crippen LogP contribution is 2.22. The Hall–Kier alpha value is -3.39. The van der Waals surface area contributed by atoms with E-state index in [1.807, 2.05) is 43.3 Å². The highest BCUT2D eigenvalue weighted by Gasteiger charge is 2.23. The quantitative estimate of drug-likeness (QED) is 0.561. The van der Waals surface area contributed by atoms with Gasteiger partial charge in [-0.3, -0.25) is 24.0 Å². The molecule has 0 aliphatic rings. The topological polar surface area (TPSA) is 112 Å². The Morgan fingerprint density at radius 2 is 1.90 bits per heavy atom. The zero-order valence-electron chi connectivity index (χ0n) is 16.4. The number of ketones is 1. The average molecular weight is 396 g/mol. The summed E-state index contributed by atoms with van der Waals surface area (Å²) in [7, 11) is 1.34. The predicted octanol–water partition coefficient (Wildman–Crippen LogP) is 1.69. The van der Waals surface area contributed by atoms with Crippen molar-refractivity contribution in [1.29, 1.82) is 0 Å². The molecular weight excluding hydrogens is 372 g/mol. The molecular formula is C21H24N4O4. The minimum absolute atomic E-state index is 0.0963. The van der Waals surface area contributed by atoms with Crippen molar-refractivity contribution in [2.45, 2.75) is 25.9 Å². The number of anilines is 1. The van der Waals surface area contributed by atoms with Gasteiger partial charge in [0.15, 0.2) is 5.78 Å². The zero-order valence-corrected chi connectivity index (χ0v) is 16.4. The fraction of sp³-hybridized carbons (Fsp3) is 0.286. The Kier molecular flexibility index (Phi) is 6.13. The van der Waals surface area contributed by atoms with E-state index >= 15 is 0 Å². The van der Waals surface area contributed by atoms with Crippen molar-refractivity contribution >= 4 is 11.6 Å². The molecule has 0 bridgehead atoms. The van der Waals surface area contributed by atoms with E-state index in [0.717, 1.165) is 10.1 Å². The summed E-state index contributed by atoms with van der Waals surface area (Å²) in [4.78, 5) is 37.8. The largest absolute Gasteiger partial charge is 0.467 e. The van der Waals surface area contributed by atoms with E-state index in [4.69, 9.17) is 10.2 Å². The van der Waals surface area contributed by atoms with Gasteiger partial charge >= 0.3 is 5.69 Å². The van der Waals surface area contributed by atoms with Crippen molar-refractivity contribution in [3.63, 3.8) is 0 Å². The van der Waals surface area contributed by atoms with Crippen LogP contribution in [0.3, 0.4) is 0 Å². The molecule has 29 heavy (non-hydrogen) atoms.